The third kappa shape index (κ3) is 6.33. The summed E-state index contributed by atoms with van der Waals surface area (Å²) in [5.41, 5.74) is 0.947. The van der Waals surface area contributed by atoms with Crippen molar-refractivity contribution in [1.29, 1.82) is 0 Å². The highest BCUT2D eigenvalue weighted by Crippen LogP contribution is 2.00. The lowest BCUT2D eigenvalue weighted by atomic mass is 10.2. The molecule has 1 rings (SSSR count). The number of hydrogen-bond acceptors (Lipinski definition) is 4. The van der Waals surface area contributed by atoms with Crippen molar-refractivity contribution in [3.63, 3.8) is 0 Å². The molecule has 0 fully saturated rings. The van der Waals surface area contributed by atoms with E-state index >= 15 is 0 Å². The quantitative estimate of drug-likeness (QED) is 0.825. The van der Waals surface area contributed by atoms with Crippen LogP contribution in [0.15, 0.2) is 36.4 Å². The lowest BCUT2D eigenvalue weighted by Crippen LogP contribution is -2.36. The molecule has 1 aromatic rings. The van der Waals surface area contributed by atoms with Gasteiger partial charge in [0.05, 0.1) is 0 Å². The zero-order valence-electron chi connectivity index (χ0n) is 8.87. The minimum absolute atomic E-state index is 0.0454. The highest BCUT2D eigenvalue weighted by Gasteiger charge is 2.08. The number of rotatable bonds is 4. The predicted octanol–water partition coefficient (Wildman–Crippen LogP) is 0.629. The van der Waals surface area contributed by atoms with Gasteiger partial charge in [-0.05, 0) is 11.6 Å². The molecular formula is C10H12N2O4S. The van der Waals surface area contributed by atoms with Gasteiger partial charge in [0.1, 0.15) is 6.61 Å². The van der Waals surface area contributed by atoms with Crippen molar-refractivity contribution in [1.82, 2.24) is 4.72 Å². The highest BCUT2D eigenvalue weighted by atomic mass is 32.2. The van der Waals surface area contributed by atoms with Crippen LogP contribution in [0.4, 0.5) is 4.79 Å². The van der Waals surface area contributed by atoms with Crippen molar-refractivity contribution in [2.75, 3.05) is 6.61 Å². The van der Waals surface area contributed by atoms with Crippen molar-refractivity contribution in [2.45, 2.75) is 0 Å². The molecule has 0 atom stereocenters. The van der Waals surface area contributed by atoms with Crippen LogP contribution in [0.3, 0.4) is 0 Å². The first kappa shape index (κ1) is 13.2. The summed E-state index contributed by atoms with van der Waals surface area (Å²) in [7, 11) is -4.06. The molecule has 1 amide bonds. The minimum Gasteiger partial charge on any atom is -0.445 e. The van der Waals surface area contributed by atoms with E-state index in [9.17, 15) is 13.2 Å². The van der Waals surface area contributed by atoms with E-state index in [0.717, 1.165) is 5.56 Å². The SMILES string of the molecule is NS(=O)(=O)NC(=O)OCC=Cc1ccccc1. The van der Waals surface area contributed by atoms with Crippen LogP contribution in [0.2, 0.25) is 0 Å². The predicted molar refractivity (Wildman–Crippen MR) is 63.1 cm³/mol. The van der Waals surface area contributed by atoms with Crippen molar-refractivity contribution < 1.29 is 17.9 Å². The van der Waals surface area contributed by atoms with E-state index < -0.39 is 16.3 Å². The summed E-state index contributed by atoms with van der Waals surface area (Å²) in [6.45, 7) is -0.0454. The summed E-state index contributed by atoms with van der Waals surface area (Å²) in [5, 5.41) is 4.57. The standard InChI is InChI=1S/C10H12N2O4S/c11-17(14,15)12-10(13)16-8-4-7-9-5-2-1-3-6-9/h1-7H,8H2,(H,12,13)(H2,11,14,15). The number of benzene rings is 1. The third-order valence-corrected chi connectivity index (χ3v) is 2.10. The summed E-state index contributed by atoms with van der Waals surface area (Å²) in [4.78, 5) is 10.8. The van der Waals surface area contributed by atoms with E-state index in [1.165, 1.54) is 4.72 Å². The zero-order chi connectivity index (χ0) is 12.7. The fraction of sp³-hybridized carbons (Fsp3) is 0.100. The summed E-state index contributed by atoms with van der Waals surface area (Å²) in [6.07, 6.45) is 2.22. The Hall–Kier alpha value is -1.86. The van der Waals surface area contributed by atoms with Gasteiger partial charge in [-0.3, -0.25) is 0 Å². The van der Waals surface area contributed by atoms with E-state index in [4.69, 9.17) is 0 Å². The summed E-state index contributed by atoms with van der Waals surface area (Å²) >= 11 is 0. The van der Waals surface area contributed by atoms with Crippen LogP contribution in [0.1, 0.15) is 5.56 Å². The van der Waals surface area contributed by atoms with Gasteiger partial charge in [-0.1, -0.05) is 36.4 Å². The minimum atomic E-state index is -4.06. The Balaban J connectivity index is 2.34. The Labute approximate surface area is 99.3 Å². The second-order valence-corrected chi connectivity index (χ2v) is 4.35. The van der Waals surface area contributed by atoms with E-state index in [1.807, 2.05) is 30.3 Å². The summed E-state index contributed by atoms with van der Waals surface area (Å²) < 4.78 is 26.9. The maximum Gasteiger partial charge on any atom is 0.422 e. The van der Waals surface area contributed by atoms with Gasteiger partial charge in [-0.15, -0.1) is 0 Å². The van der Waals surface area contributed by atoms with Crippen LogP contribution in [-0.2, 0) is 14.9 Å². The average molecular weight is 256 g/mol. The monoisotopic (exact) mass is 256 g/mol. The molecule has 6 nitrogen and oxygen atoms in total. The number of nitrogens with one attached hydrogen (secondary N) is 1. The van der Waals surface area contributed by atoms with Crippen molar-refractivity contribution >= 4 is 22.4 Å². The second kappa shape index (κ2) is 6.02. The van der Waals surface area contributed by atoms with Gasteiger partial charge >= 0.3 is 16.3 Å². The lowest BCUT2D eigenvalue weighted by Gasteiger charge is -2.01. The van der Waals surface area contributed by atoms with Crippen LogP contribution in [0, 0.1) is 0 Å². The molecule has 0 saturated heterocycles. The van der Waals surface area contributed by atoms with Crippen LogP contribution < -0.4 is 9.86 Å². The van der Waals surface area contributed by atoms with Crippen LogP contribution >= 0.6 is 0 Å². The van der Waals surface area contributed by atoms with Crippen molar-refractivity contribution in [3.05, 3.63) is 42.0 Å². The molecule has 0 bridgehead atoms. The molecular weight excluding hydrogens is 244 g/mol. The molecule has 0 aromatic heterocycles. The Morgan fingerprint density at radius 1 is 1.35 bits per heavy atom. The molecule has 0 radical (unpaired) electrons. The van der Waals surface area contributed by atoms with Crippen LogP contribution in [-0.4, -0.2) is 21.1 Å². The first-order chi connectivity index (χ1) is 7.97. The molecule has 3 N–H and O–H groups in total. The van der Waals surface area contributed by atoms with Gasteiger partial charge in [0.2, 0.25) is 0 Å². The Morgan fingerprint density at radius 2 is 2.00 bits per heavy atom. The molecule has 0 unspecified atom stereocenters. The van der Waals surface area contributed by atoms with Crippen molar-refractivity contribution in [2.24, 2.45) is 5.14 Å². The molecule has 0 saturated carbocycles. The number of carbonyl (C=O) groups is 1. The van der Waals surface area contributed by atoms with Crippen LogP contribution in [0.5, 0.6) is 0 Å². The van der Waals surface area contributed by atoms with E-state index in [2.05, 4.69) is 9.88 Å². The largest absolute Gasteiger partial charge is 0.445 e. The first-order valence-corrected chi connectivity index (χ1v) is 6.21. The number of amides is 1. The highest BCUT2D eigenvalue weighted by molar-refractivity contribution is 7.87. The Morgan fingerprint density at radius 3 is 2.59 bits per heavy atom. The molecule has 7 heteroatoms. The van der Waals surface area contributed by atoms with Gasteiger partial charge in [-0.25, -0.2) is 14.7 Å². The van der Waals surface area contributed by atoms with Crippen molar-refractivity contribution in [3.8, 4) is 0 Å². The topological polar surface area (TPSA) is 98.5 Å². The molecule has 0 heterocycles. The van der Waals surface area contributed by atoms with Gasteiger partial charge < -0.3 is 4.74 Å². The summed E-state index contributed by atoms with van der Waals surface area (Å²) in [5.74, 6) is 0. The number of ether oxygens (including phenoxy) is 1. The fourth-order valence-corrected chi connectivity index (χ4v) is 1.31. The Kier molecular flexibility index (Phi) is 4.68. The van der Waals surface area contributed by atoms with E-state index in [1.54, 1.807) is 12.2 Å². The molecule has 92 valence electrons. The number of hydrogen-bond donors (Lipinski definition) is 2. The van der Waals surface area contributed by atoms with E-state index in [-0.39, 0.29) is 6.61 Å². The molecule has 0 spiro atoms. The smallest absolute Gasteiger partial charge is 0.422 e. The lowest BCUT2D eigenvalue weighted by molar-refractivity contribution is 0.165. The van der Waals surface area contributed by atoms with Gasteiger partial charge in [0.25, 0.3) is 0 Å². The first-order valence-electron chi connectivity index (χ1n) is 4.66. The average Bonchev–Trinajstić information content (AvgIpc) is 2.23. The van der Waals surface area contributed by atoms with Gasteiger partial charge in [0.15, 0.2) is 0 Å². The molecule has 0 aliphatic carbocycles. The zero-order valence-corrected chi connectivity index (χ0v) is 9.68. The third-order valence-electron chi connectivity index (χ3n) is 1.65. The molecule has 17 heavy (non-hydrogen) atoms. The van der Waals surface area contributed by atoms with Gasteiger partial charge in [-0.2, -0.15) is 8.42 Å². The second-order valence-electron chi connectivity index (χ2n) is 3.06. The summed E-state index contributed by atoms with van der Waals surface area (Å²) in [6, 6.07) is 9.37. The fourth-order valence-electron chi connectivity index (χ4n) is 1.02. The molecule has 0 aliphatic heterocycles. The maximum atomic E-state index is 10.8. The van der Waals surface area contributed by atoms with E-state index in [0.29, 0.717) is 0 Å². The molecule has 1 aromatic carbocycles. The molecule has 0 aliphatic rings. The van der Waals surface area contributed by atoms with Crippen LogP contribution in [0.25, 0.3) is 6.08 Å². The number of nitrogens with two attached hydrogens (primary N) is 1. The van der Waals surface area contributed by atoms with Gasteiger partial charge in [0, 0.05) is 0 Å². The maximum absolute atomic E-state index is 10.8. The Bertz CT molecular complexity index is 496. The number of carbonyl (C=O) groups excluding carboxylic acids is 1. The normalized spacial score (nSPS) is 11.4.